The number of fused-ring (bicyclic) bond motifs is 3. The van der Waals surface area contributed by atoms with E-state index in [0.717, 1.165) is 18.7 Å². The molecule has 324 valence electrons. The van der Waals surface area contributed by atoms with Crippen LogP contribution in [0.4, 0.5) is 22.4 Å². The van der Waals surface area contributed by atoms with Crippen molar-refractivity contribution in [1.82, 2.24) is 25.2 Å². The quantitative estimate of drug-likeness (QED) is 0.215. The molecule has 1 saturated heterocycles. The molecule has 4 amide bonds. The van der Waals surface area contributed by atoms with Gasteiger partial charge in [0.25, 0.3) is 11.8 Å². The van der Waals surface area contributed by atoms with E-state index in [9.17, 15) is 45.2 Å². The Morgan fingerprint density at radius 3 is 2.46 bits per heavy atom. The lowest BCUT2D eigenvalue weighted by Crippen LogP contribution is -2.60. The molecule has 0 bridgehead atoms. The molecule has 1 aromatic carbocycles. The topological polar surface area (TPSA) is 182 Å². The number of methoxy groups -OCH3 is 1. The Morgan fingerprint density at radius 2 is 1.81 bits per heavy atom. The van der Waals surface area contributed by atoms with Crippen LogP contribution < -0.4 is 24.8 Å². The molecular formula is C40H51F4N5O9S. The largest absolute Gasteiger partial charge is 0.496 e. The molecule has 4 aliphatic rings. The zero-order chi connectivity index (χ0) is 43.3. The van der Waals surface area contributed by atoms with Gasteiger partial charge in [0, 0.05) is 36.9 Å². The monoisotopic (exact) mass is 853 g/mol. The fourth-order valence-electron chi connectivity index (χ4n) is 7.84. The van der Waals surface area contributed by atoms with Gasteiger partial charge in [0.2, 0.25) is 27.7 Å². The lowest BCUT2D eigenvalue weighted by molar-refractivity contribution is -0.152. The second-order valence-corrected chi connectivity index (χ2v) is 19.1. The number of allylic oxidation sites excluding steroid dienone is 1. The molecule has 0 radical (unpaired) electrons. The predicted molar refractivity (Wildman–Crippen MR) is 206 cm³/mol. The van der Waals surface area contributed by atoms with Crippen molar-refractivity contribution in [2.75, 3.05) is 20.3 Å². The first-order chi connectivity index (χ1) is 27.6. The number of aromatic nitrogens is 1. The number of alkyl halides is 3. The van der Waals surface area contributed by atoms with E-state index in [1.165, 1.54) is 25.4 Å². The van der Waals surface area contributed by atoms with Crippen LogP contribution in [-0.2, 0) is 29.1 Å². The van der Waals surface area contributed by atoms with Gasteiger partial charge in [0.1, 0.15) is 46.7 Å². The number of sulfonamides is 1. The molecule has 7 atom stereocenters. The zero-order valence-corrected chi connectivity index (χ0v) is 34.6. The van der Waals surface area contributed by atoms with Gasteiger partial charge in [0.15, 0.2) is 5.60 Å². The smallest absolute Gasteiger partial charge is 0.408 e. The van der Waals surface area contributed by atoms with Gasteiger partial charge in [-0.2, -0.15) is 0 Å². The second-order valence-electron chi connectivity index (χ2n) is 17.1. The standard InChI is InChI=1S/C40H51F4N5O9S/c1-22-9-7-8-10-24-19-40(24,35(52)48-59(54,55)39(21-41)12-13-39)47-32(50)29-18-26(57-33-28-16-25(42)17-30(56-6)27(28)11-14-45-33)20-49(29)34(51)31(23(2)15-22)46-36(53)58-37(3,4)38(5,43)44/h8,10-11,14,16-17,22-24,26,29,31H,7,9,12-13,15,18-21H2,1-6H3,(H,46,53)(H,47,50)(H,48,52)/b10-8-/t22-,23+,24+,26+,29-,31-,40+/m0/s1. The summed E-state index contributed by atoms with van der Waals surface area (Å²) in [6.07, 6.45) is 4.00. The molecule has 3 N–H and O–H groups in total. The maximum absolute atomic E-state index is 14.8. The number of halogens is 4. The molecule has 6 rings (SSSR count). The van der Waals surface area contributed by atoms with Crippen molar-refractivity contribution < 1.29 is 59.4 Å². The van der Waals surface area contributed by atoms with Gasteiger partial charge in [-0.25, -0.2) is 35.8 Å². The number of pyridine rings is 1. The maximum atomic E-state index is 14.8. The van der Waals surface area contributed by atoms with Gasteiger partial charge >= 0.3 is 6.09 Å². The third-order valence-electron chi connectivity index (χ3n) is 12.2. The lowest BCUT2D eigenvalue weighted by Gasteiger charge is -2.35. The summed E-state index contributed by atoms with van der Waals surface area (Å²) < 4.78 is 101. The number of amides is 4. The Bertz CT molecular complexity index is 2130. The highest BCUT2D eigenvalue weighted by molar-refractivity contribution is 7.91. The lowest BCUT2D eigenvalue weighted by atomic mass is 9.88. The van der Waals surface area contributed by atoms with Crippen molar-refractivity contribution in [1.29, 1.82) is 0 Å². The number of nitrogens with one attached hydrogen (secondary N) is 3. The summed E-state index contributed by atoms with van der Waals surface area (Å²) in [6, 6.07) is 1.17. The number of ether oxygens (including phenoxy) is 3. The predicted octanol–water partition coefficient (Wildman–Crippen LogP) is 5.09. The fraction of sp³-hybridized carbons (Fsp3) is 0.625. The van der Waals surface area contributed by atoms with E-state index in [2.05, 4.69) is 15.6 Å². The minimum absolute atomic E-state index is 0.00753. The highest BCUT2D eigenvalue weighted by atomic mass is 32.2. The Morgan fingerprint density at radius 1 is 1.10 bits per heavy atom. The van der Waals surface area contributed by atoms with Crippen LogP contribution in [0.3, 0.4) is 0 Å². The second kappa shape index (κ2) is 16.1. The summed E-state index contributed by atoms with van der Waals surface area (Å²) in [5.74, 6) is -7.95. The van der Waals surface area contributed by atoms with Gasteiger partial charge in [-0.15, -0.1) is 0 Å². The van der Waals surface area contributed by atoms with E-state index in [1.54, 1.807) is 19.1 Å². The first-order valence-corrected chi connectivity index (χ1v) is 21.1. The van der Waals surface area contributed by atoms with Crippen molar-refractivity contribution in [3.05, 3.63) is 42.4 Å². The van der Waals surface area contributed by atoms with Crippen molar-refractivity contribution in [3.8, 4) is 11.6 Å². The molecule has 3 fully saturated rings. The molecule has 59 heavy (non-hydrogen) atoms. The van der Waals surface area contributed by atoms with Crippen LogP contribution in [-0.4, -0.2) is 102 Å². The summed E-state index contributed by atoms with van der Waals surface area (Å²) in [6.45, 7) is 4.80. The van der Waals surface area contributed by atoms with E-state index >= 15 is 0 Å². The molecule has 2 aliphatic heterocycles. The van der Waals surface area contributed by atoms with E-state index in [4.69, 9.17) is 14.2 Å². The Balaban J connectivity index is 1.37. The fourth-order valence-corrected chi connectivity index (χ4v) is 9.27. The van der Waals surface area contributed by atoms with E-state index < -0.39 is 98.2 Å². The minimum Gasteiger partial charge on any atom is -0.496 e. The van der Waals surface area contributed by atoms with Crippen LogP contribution in [0.5, 0.6) is 11.6 Å². The summed E-state index contributed by atoms with van der Waals surface area (Å²) in [5, 5.41) is 5.89. The molecule has 3 heterocycles. The molecule has 2 aromatic rings. The Kier molecular flexibility index (Phi) is 11.9. The van der Waals surface area contributed by atoms with E-state index in [1.807, 2.05) is 17.7 Å². The van der Waals surface area contributed by atoms with Gasteiger partial charge in [0.05, 0.1) is 19.0 Å². The first-order valence-electron chi connectivity index (χ1n) is 19.6. The molecule has 19 heteroatoms. The van der Waals surface area contributed by atoms with Crippen molar-refractivity contribution in [2.24, 2.45) is 17.8 Å². The zero-order valence-electron chi connectivity index (χ0n) is 33.8. The number of carbonyl (C=O) groups excluding carboxylic acids is 4. The summed E-state index contributed by atoms with van der Waals surface area (Å²) >= 11 is 0. The van der Waals surface area contributed by atoms with Crippen LogP contribution in [0, 0.1) is 23.6 Å². The molecular weight excluding hydrogens is 803 g/mol. The van der Waals surface area contributed by atoms with Crippen molar-refractivity contribution >= 4 is 44.6 Å². The van der Waals surface area contributed by atoms with Crippen LogP contribution in [0.25, 0.3) is 10.8 Å². The number of alkyl carbamates (subject to hydrolysis) is 1. The van der Waals surface area contributed by atoms with Crippen LogP contribution >= 0.6 is 0 Å². The number of carbonyl (C=O) groups is 4. The molecule has 2 aliphatic carbocycles. The third-order valence-corrected chi connectivity index (χ3v) is 14.3. The van der Waals surface area contributed by atoms with Gasteiger partial charge in [-0.05, 0) is 76.3 Å². The molecule has 1 aromatic heterocycles. The number of hydrogen-bond donors (Lipinski definition) is 3. The SMILES string of the molecule is COc1cc(F)cc2c(O[C@@H]3C[C@H]4C(=O)N[C@]5(C(=O)NS(=O)(=O)C6(CF)CC6)C[C@H]5/C=C\CC[C@H](C)C[C@@H](C)[C@H](NC(=O)OC(C)(C)C(C)(F)F)C(=O)N4C3)nccc12. The number of benzene rings is 1. The van der Waals surface area contributed by atoms with Gasteiger partial charge < -0.3 is 29.7 Å². The Hall–Kier alpha value is -4.68. The molecule has 14 nitrogen and oxygen atoms in total. The van der Waals surface area contributed by atoms with Crippen LogP contribution in [0.15, 0.2) is 36.5 Å². The average Bonchev–Trinajstić information content (AvgIpc) is 4.06. The normalized spacial score (nSPS) is 29.2. The summed E-state index contributed by atoms with van der Waals surface area (Å²) in [5.41, 5.74) is -4.04. The molecule has 0 spiro atoms. The number of rotatable bonds is 10. The average molecular weight is 854 g/mol. The van der Waals surface area contributed by atoms with Gasteiger partial charge in [-0.3, -0.25) is 19.1 Å². The first kappa shape index (κ1) is 43.9. The highest BCUT2D eigenvalue weighted by Crippen LogP contribution is 2.48. The van der Waals surface area contributed by atoms with Crippen LogP contribution in [0.1, 0.15) is 79.6 Å². The van der Waals surface area contributed by atoms with E-state index in [0.29, 0.717) is 31.6 Å². The molecule has 2 saturated carbocycles. The summed E-state index contributed by atoms with van der Waals surface area (Å²) in [4.78, 5) is 61.9. The molecule has 0 unspecified atom stereocenters. The Labute approximate surface area is 340 Å². The maximum Gasteiger partial charge on any atom is 0.408 e. The van der Waals surface area contributed by atoms with Crippen LogP contribution in [0.2, 0.25) is 0 Å². The number of hydrogen-bond acceptors (Lipinski definition) is 10. The number of nitrogens with zero attached hydrogens (tertiary/aromatic N) is 2. The minimum atomic E-state index is -4.47. The summed E-state index contributed by atoms with van der Waals surface area (Å²) in [7, 11) is -3.10. The van der Waals surface area contributed by atoms with Crippen molar-refractivity contribution in [3.63, 3.8) is 0 Å². The third kappa shape index (κ3) is 8.80. The van der Waals surface area contributed by atoms with E-state index in [-0.39, 0.29) is 55.2 Å². The highest BCUT2D eigenvalue weighted by Gasteiger charge is 2.64. The van der Waals surface area contributed by atoms with Gasteiger partial charge in [-0.1, -0.05) is 26.0 Å². The van der Waals surface area contributed by atoms with Crippen molar-refractivity contribution in [2.45, 2.75) is 120 Å².